The Morgan fingerprint density at radius 2 is 1.28 bits per heavy atom. The van der Waals surface area contributed by atoms with Crippen LogP contribution in [0.25, 0.3) is 0 Å². The molecular formula is C18H38. The van der Waals surface area contributed by atoms with Crippen molar-refractivity contribution >= 4 is 0 Å². The van der Waals surface area contributed by atoms with Gasteiger partial charge in [-0.1, -0.05) is 92.4 Å². The van der Waals surface area contributed by atoms with Crippen molar-refractivity contribution in [3.8, 4) is 0 Å². The second-order valence-electron chi connectivity index (χ2n) is 6.67. The van der Waals surface area contributed by atoms with Crippen LogP contribution in [-0.2, 0) is 0 Å². The Balaban J connectivity index is 3.69. The third-order valence-corrected chi connectivity index (χ3v) is 4.51. The molecule has 0 nitrogen and oxygen atoms in total. The number of unbranched alkanes of at least 4 members (excludes halogenated alkanes) is 5. The largest absolute Gasteiger partial charge is 0.0654 e. The minimum absolute atomic E-state index is 0.855. The second-order valence-corrected chi connectivity index (χ2v) is 6.67. The molecule has 0 heterocycles. The third-order valence-electron chi connectivity index (χ3n) is 4.51. The molecule has 0 radical (unpaired) electrons. The van der Waals surface area contributed by atoms with Gasteiger partial charge in [-0.15, -0.1) is 0 Å². The molecule has 0 aromatic heterocycles. The van der Waals surface area contributed by atoms with Gasteiger partial charge < -0.3 is 0 Å². The predicted octanol–water partition coefficient (Wildman–Crippen LogP) is 6.84. The molecule has 2 unspecified atom stereocenters. The molecule has 110 valence electrons. The zero-order valence-corrected chi connectivity index (χ0v) is 13.8. The summed E-state index contributed by atoms with van der Waals surface area (Å²) in [4.78, 5) is 0. The van der Waals surface area contributed by atoms with E-state index in [0.29, 0.717) is 0 Å². The van der Waals surface area contributed by atoms with E-state index >= 15 is 0 Å². The van der Waals surface area contributed by atoms with E-state index in [9.17, 15) is 0 Å². The van der Waals surface area contributed by atoms with Crippen LogP contribution in [0.1, 0.15) is 98.8 Å². The summed E-state index contributed by atoms with van der Waals surface area (Å²) in [6.07, 6.45) is 14.4. The molecule has 0 aliphatic carbocycles. The van der Waals surface area contributed by atoms with Crippen LogP contribution in [0.5, 0.6) is 0 Å². The Morgan fingerprint density at radius 3 is 1.83 bits per heavy atom. The summed E-state index contributed by atoms with van der Waals surface area (Å²) in [7, 11) is 0. The summed E-state index contributed by atoms with van der Waals surface area (Å²) < 4.78 is 0. The number of rotatable bonds is 12. The van der Waals surface area contributed by atoms with Crippen molar-refractivity contribution in [2.45, 2.75) is 98.8 Å². The Morgan fingerprint density at radius 1 is 0.667 bits per heavy atom. The molecule has 2 atom stereocenters. The fraction of sp³-hybridized carbons (Fsp3) is 1.00. The number of hydrogen-bond donors (Lipinski definition) is 0. The zero-order chi connectivity index (χ0) is 13.8. The molecule has 18 heavy (non-hydrogen) atoms. The van der Waals surface area contributed by atoms with Gasteiger partial charge in [-0.05, 0) is 24.2 Å². The minimum atomic E-state index is 0.855. The van der Waals surface area contributed by atoms with E-state index in [2.05, 4.69) is 34.6 Å². The standard InChI is InChI=1S/C18H38/c1-6-8-9-10-11-12-14-18(13-7-2)15-17(5)16(3)4/h16-18H,6-15H2,1-5H3. The highest BCUT2D eigenvalue weighted by atomic mass is 14.2. The van der Waals surface area contributed by atoms with E-state index in [0.717, 1.165) is 17.8 Å². The molecule has 0 aliphatic heterocycles. The monoisotopic (exact) mass is 254 g/mol. The van der Waals surface area contributed by atoms with Crippen molar-refractivity contribution in [2.75, 3.05) is 0 Å². The molecule has 0 heteroatoms. The Labute approximate surface area is 117 Å². The van der Waals surface area contributed by atoms with Crippen molar-refractivity contribution in [3.05, 3.63) is 0 Å². The molecule has 0 aromatic rings. The van der Waals surface area contributed by atoms with Crippen LogP contribution >= 0.6 is 0 Å². The summed E-state index contributed by atoms with van der Waals surface area (Å²) in [5.41, 5.74) is 0. The SMILES string of the molecule is CCCCCCCCC(CCC)CC(C)C(C)C. The molecule has 0 bridgehead atoms. The van der Waals surface area contributed by atoms with E-state index in [-0.39, 0.29) is 0 Å². The van der Waals surface area contributed by atoms with E-state index < -0.39 is 0 Å². The molecule has 0 N–H and O–H groups in total. The van der Waals surface area contributed by atoms with Gasteiger partial charge in [0.25, 0.3) is 0 Å². The van der Waals surface area contributed by atoms with Gasteiger partial charge in [-0.25, -0.2) is 0 Å². The van der Waals surface area contributed by atoms with Crippen molar-refractivity contribution in [3.63, 3.8) is 0 Å². The van der Waals surface area contributed by atoms with Crippen LogP contribution in [0.4, 0.5) is 0 Å². The van der Waals surface area contributed by atoms with Gasteiger partial charge in [0.15, 0.2) is 0 Å². The zero-order valence-electron chi connectivity index (χ0n) is 13.8. The first-order valence-corrected chi connectivity index (χ1v) is 8.61. The molecule has 0 aromatic carbocycles. The Hall–Kier alpha value is 0. The fourth-order valence-corrected chi connectivity index (χ4v) is 2.80. The van der Waals surface area contributed by atoms with E-state index in [1.165, 1.54) is 64.2 Å². The molecule has 0 amide bonds. The summed E-state index contributed by atoms with van der Waals surface area (Å²) >= 11 is 0. The van der Waals surface area contributed by atoms with E-state index in [4.69, 9.17) is 0 Å². The molecule has 0 fully saturated rings. The number of hydrogen-bond acceptors (Lipinski definition) is 0. The molecule has 0 aliphatic rings. The average Bonchev–Trinajstić information content (AvgIpc) is 2.33. The smallest absolute Gasteiger partial charge is 0.0412 e. The average molecular weight is 255 g/mol. The highest BCUT2D eigenvalue weighted by Gasteiger charge is 2.14. The topological polar surface area (TPSA) is 0 Å². The first-order valence-electron chi connectivity index (χ1n) is 8.61. The Kier molecular flexibility index (Phi) is 12.1. The molecule has 0 rings (SSSR count). The highest BCUT2D eigenvalue weighted by molar-refractivity contribution is 4.66. The first kappa shape index (κ1) is 18.0. The molecule has 0 spiro atoms. The van der Waals surface area contributed by atoms with Crippen LogP contribution in [0.3, 0.4) is 0 Å². The van der Waals surface area contributed by atoms with Gasteiger partial charge in [-0.3, -0.25) is 0 Å². The highest BCUT2D eigenvalue weighted by Crippen LogP contribution is 2.27. The van der Waals surface area contributed by atoms with Gasteiger partial charge in [0.05, 0.1) is 0 Å². The van der Waals surface area contributed by atoms with Crippen LogP contribution in [0, 0.1) is 17.8 Å². The summed E-state index contributed by atoms with van der Waals surface area (Å²) in [5.74, 6) is 2.76. The maximum atomic E-state index is 2.44. The van der Waals surface area contributed by atoms with Crippen molar-refractivity contribution in [2.24, 2.45) is 17.8 Å². The minimum Gasteiger partial charge on any atom is -0.0654 e. The van der Waals surface area contributed by atoms with Gasteiger partial charge in [0.2, 0.25) is 0 Å². The first-order chi connectivity index (χ1) is 8.61. The summed E-state index contributed by atoms with van der Waals surface area (Å²) in [5, 5.41) is 0. The van der Waals surface area contributed by atoms with Crippen molar-refractivity contribution in [1.29, 1.82) is 0 Å². The van der Waals surface area contributed by atoms with Gasteiger partial charge in [0.1, 0.15) is 0 Å². The maximum absolute atomic E-state index is 2.44. The van der Waals surface area contributed by atoms with Crippen LogP contribution < -0.4 is 0 Å². The normalized spacial score (nSPS) is 15.0. The van der Waals surface area contributed by atoms with Gasteiger partial charge in [0, 0.05) is 0 Å². The van der Waals surface area contributed by atoms with Crippen LogP contribution in [0.15, 0.2) is 0 Å². The fourth-order valence-electron chi connectivity index (χ4n) is 2.80. The van der Waals surface area contributed by atoms with Gasteiger partial charge >= 0.3 is 0 Å². The summed E-state index contributed by atoms with van der Waals surface area (Å²) in [6, 6.07) is 0. The predicted molar refractivity (Wildman–Crippen MR) is 85.0 cm³/mol. The second kappa shape index (κ2) is 12.1. The third kappa shape index (κ3) is 9.97. The molecular weight excluding hydrogens is 216 g/mol. The summed E-state index contributed by atoms with van der Waals surface area (Å²) in [6.45, 7) is 11.8. The lowest BCUT2D eigenvalue weighted by atomic mass is 9.83. The van der Waals surface area contributed by atoms with Crippen LogP contribution in [0.2, 0.25) is 0 Å². The van der Waals surface area contributed by atoms with Crippen molar-refractivity contribution < 1.29 is 0 Å². The Bertz CT molecular complexity index is 159. The lowest BCUT2D eigenvalue weighted by Crippen LogP contribution is -2.11. The lowest BCUT2D eigenvalue weighted by molar-refractivity contribution is 0.287. The van der Waals surface area contributed by atoms with E-state index in [1.807, 2.05) is 0 Å². The quantitative estimate of drug-likeness (QED) is 0.335. The molecule has 0 saturated carbocycles. The lowest BCUT2D eigenvalue weighted by Gasteiger charge is -2.23. The van der Waals surface area contributed by atoms with Crippen LogP contribution in [-0.4, -0.2) is 0 Å². The van der Waals surface area contributed by atoms with Gasteiger partial charge in [-0.2, -0.15) is 0 Å². The molecule has 0 saturated heterocycles. The van der Waals surface area contributed by atoms with Crippen molar-refractivity contribution in [1.82, 2.24) is 0 Å². The van der Waals surface area contributed by atoms with E-state index in [1.54, 1.807) is 0 Å². The maximum Gasteiger partial charge on any atom is -0.0412 e.